The number of hydrogen-bond acceptors (Lipinski definition) is 10. The first-order valence-corrected chi connectivity index (χ1v) is 15.2. The topological polar surface area (TPSA) is 191 Å². The number of benzene rings is 3. The van der Waals surface area contributed by atoms with E-state index in [0.29, 0.717) is 4.60 Å². The Labute approximate surface area is 303 Å². The number of nitrogen functional groups attached to an aromatic ring is 1. The quantitative estimate of drug-likeness (QED) is 0.0541. The molecule has 12 nitrogen and oxygen atoms in total. The molecule has 0 unspecified atom stereocenters. The van der Waals surface area contributed by atoms with Crippen LogP contribution in [0.4, 0.5) is 43.8 Å². The van der Waals surface area contributed by atoms with E-state index in [1.807, 2.05) is 0 Å². The minimum atomic E-state index is -2.10. The van der Waals surface area contributed by atoms with Gasteiger partial charge in [0.05, 0.1) is 22.3 Å². The number of anilines is 1. The molecule has 20 heteroatoms. The number of rotatable bonds is 5. The maximum Gasteiger partial charge on any atom is 0.494 e. The van der Waals surface area contributed by atoms with Crippen LogP contribution in [0.2, 0.25) is 0 Å². The van der Waals surface area contributed by atoms with Crippen molar-refractivity contribution in [3.63, 3.8) is 0 Å². The summed E-state index contributed by atoms with van der Waals surface area (Å²) in [5.74, 6) is -5.19. The fourth-order valence-electron chi connectivity index (χ4n) is 4.00. The third-order valence-electron chi connectivity index (χ3n) is 6.28. The number of halogens is 7. The summed E-state index contributed by atoms with van der Waals surface area (Å²) in [7, 11) is -2.10. The largest absolute Gasteiger partial charge is 0.494 e. The number of nitro groups is 2. The van der Waals surface area contributed by atoms with Crippen molar-refractivity contribution in [1.29, 1.82) is 0 Å². The summed E-state index contributed by atoms with van der Waals surface area (Å²) in [6.45, 7) is 0. The van der Waals surface area contributed by atoms with E-state index in [9.17, 15) is 46.6 Å². The number of nitrogens with zero attached hydrogens (tertiary/aromatic N) is 5. The summed E-state index contributed by atoms with van der Waals surface area (Å²) in [6, 6.07) is 23.1. The van der Waals surface area contributed by atoms with Crippen LogP contribution in [0.25, 0.3) is 22.5 Å². The molecule has 0 amide bonds. The average Bonchev–Trinajstić information content (AvgIpc) is 3.09. The third kappa shape index (κ3) is 11.9. The molecule has 53 heavy (non-hydrogen) atoms. The molecular weight excluding hydrogens is 781 g/mol. The predicted octanol–water partition coefficient (Wildman–Crippen LogP) is 6.94. The van der Waals surface area contributed by atoms with Crippen molar-refractivity contribution in [2.45, 2.75) is 0 Å². The zero-order valence-corrected chi connectivity index (χ0v) is 28.0. The maximum atomic E-state index is 13.4. The second-order valence-electron chi connectivity index (χ2n) is 9.86. The van der Waals surface area contributed by atoms with Gasteiger partial charge in [0, 0.05) is 28.1 Å². The van der Waals surface area contributed by atoms with Crippen LogP contribution in [0.3, 0.4) is 0 Å². The van der Waals surface area contributed by atoms with Crippen LogP contribution in [0.1, 0.15) is 0 Å². The number of aromatic nitrogens is 3. The Hall–Kier alpha value is -6.25. The summed E-state index contributed by atoms with van der Waals surface area (Å²) in [4.78, 5) is 30.4. The van der Waals surface area contributed by atoms with Gasteiger partial charge in [-0.3, -0.25) is 0 Å². The molecule has 0 atom stereocenters. The normalized spacial score (nSPS) is 9.98. The van der Waals surface area contributed by atoms with Gasteiger partial charge in [-0.2, -0.15) is 0 Å². The molecule has 0 bridgehead atoms. The van der Waals surface area contributed by atoms with E-state index in [1.165, 1.54) is 48.5 Å². The lowest BCUT2D eigenvalue weighted by Crippen LogP contribution is -2.35. The summed E-state index contributed by atoms with van der Waals surface area (Å²) in [6.07, 6.45) is 0. The van der Waals surface area contributed by atoms with Gasteiger partial charge in [-0.05, 0) is 92.6 Å². The van der Waals surface area contributed by atoms with Crippen LogP contribution in [0.15, 0.2) is 114 Å². The molecular formula is C33H22BBrF6N6O6. The molecule has 3 heterocycles. The van der Waals surface area contributed by atoms with Crippen molar-refractivity contribution >= 4 is 46.0 Å². The fourth-order valence-corrected chi connectivity index (χ4v) is 4.33. The van der Waals surface area contributed by atoms with Crippen LogP contribution in [0.5, 0.6) is 0 Å². The number of pyridine rings is 3. The number of nitrogens with two attached hydrogens (primary N) is 1. The molecule has 0 radical (unpaired) electrons. The number of hydrogen-bond donors (Lipinski definition) is 3. The minimum absolute atomic E-state index is 0.102. The second-order valence-corrected chi connectivity index (χ2v) is 10.7. The zero-order valence-electron chi connectivity index (χ0n) is 26.5. The van der Waals surface area contributed by atoms with Gasteiger partial charge >= 0.3 is 18.8 Å². The molecule has 272 valence electrons. The van der Waals surface area contributed by atoms with E-state index in [0.717, 1.165) is 36.4 Å². The predicted molar refractivity (Wildman–Crippen MR) is 185 cm³/mol. The van der Waals surface area contributed by atoms with Crippen LogP contribution in [-0.4, -0.2) is 42.0 Å². The van der Waals surface area contributed by atoms with Crippen molar-refractivity contribution in [3.05, 3.63) is 169 Å². The average molecular weight is 803 g/mol. The molecule has 0 spiro atoms. The van der Waals surface area contributed by atoms with Gasteiger partial charge in [-0.15, -0.1) is 0 Å². The van der Waals surface area contributed by atoms with E-state index in [-0.39, 0.29) is 34.2 Å². The standard InChI is InChI=1S/C11H6F2N2O2.C11H8F2N2.C6H5BF2O2.C5H3BrN2O2/c12-7-3-1-4-8(13)11(7)9-5-2-6-10(14-9)15(16)17;12-7-3-1-4-8(13)11(7)9-5-2-6-10(14)15-9;8-4-2-1-3-5(9)6(4)7(10)11;6-4-2-1-3-5(7-4)8(9)10/h1-6H;1-6H,(H2,14,15);1-3,10-11H;1-3H. The molecule has 0 aliphatic heterocycles. The molecule has 6 aromatic rings. The van der Waals surface area contributed by atoms with Crippen LogP contribution >= 0.6 is 15.9 Å². The summed E-state index contributed by atoms with van der Waals surface area (Å²) in [5, 5.41) is 37.5. The molecule has 3 aromatic heterocycles. The van der Waals surface area contributed by atoms with Gasteiger partial charge in [0.15, 0.2) is 5.69 Å². The van der Waals surface area contributed by atoms with Crippen LogP contribution in [0, 0.1) is 55.1 Å². The molecule has 0 aliphatic carbocycles. The van der Waals surface area contributed by atoms with Crippen molar-refractivity contribution in [1.82, 2.24) is 15.0 Å². The van der Waals surface area contributed by atoms with Crippen LogP contribution in [-0.2, 0) is 0 Å². The molecule has 3 aromatic carbocycles. The zero-order chi connectivity index (χ0) is 39.2. The lowest BCUT2D eigenvalue weighted by molar-refractivity contribution is -0.389. The Morgan fingerprint density at radius 3 is 1.26 bits per heavy atom. The monoisotopic (exact) mass is 802 g/mol. The van der Waals surface area contributed by atoms with Gasteiger partial charge in [0.25, 0.3) is 0 Å². The SMILES string of the molecule is Nc1cccc(-c2c(F)cccc2F)n1.O=[N+]([O-])c1cccc(-c2c(F)cccc2F)n1.O=[N+]([O-])c1cccc(Br)n1.OB(O)c1c(F)cccc1F. The Morgan fingerprint density at radius 2 is 0.906 bits per heavy atom. The van der Waals surface area contributed by atoms with Gasteiger partial charge in [0.2, 0.25) is 4.60 Å². The van der Waals surface area contributed by atoms with Gasteiger partial charge in [-0.25, -0.2) is 31.3 Å². The summed E-state index contributed by atoms with van der Waals surface area (Å²) < 4.78 is 79.1. The molecule has 0 aliphatic rings. The fraction of sp³-hybridized carbons (Fsp3) is 0. The Morgan fingerprint density at radius 1 is 0.547 bits per heavy atom. The molecule has 6 rings (SSSR count). The third-order valence-corrected chi connectivity index (χ3v) is 6.72. The summed E-state index contributed by atoms with van der Waals surface area (Å²) in [5.41, 5.74) is 4.31. The summed E-state index contributed by atoms with van der Waals surface area (Å²) >= 11 is 3.01. The first kappa shape index (κ1) is 41.2. The van der Waals surface area contributed by atoms with E-state index in [4.69, 9.17) is 15.8 Å². The van der Waals surface area contributed by atoms with Crippen LogP contribution < -0.4 is 11.2 Å². The van der Waals surface area contributed by atoms with Gasteiger partial charge in [-0.1, -0.05) is 24.3 Å². The van der Waals surface area contributed by atoms with Crippen molar-refractivity contribution < 1.29 is 46.2 Å². The van der Waals surface area contributed by atoms with Crippen molar-refractivity contribution in [2.75, 3.05) is 5.73 Å². The van der Waals surface area contributed by atoms with E-state index < -0.39 is 63.1 Å². The minimum Gasteiger partial charge on any atom is -0.423 e. The highest BCUT2D eigenvalue weighted by atomic mass is 79.9. The van der Waals surface area contributed by atoms with E-state index in [2.05, 4.69) is 30.9 Å². The molecule has 4 N–H and O–H groups in total. The van der Waals surface area contributed by atoms with Crippen molar-refractivity contribution in [3.8, 4) is 22.5 Å². The Bertz CT molecular complexity index is 2160. The lowest BCUT2D eigenvalue weighted by atomic mass is 9.79. The highest BCUT2D eigenvalue weighted by Crippen LogP contribution is 2.26. The maximum absolute atomic E-state index is 13.4. The first-order valence-electron chi connectivity index (χ1n) is 14.4. The molecule has 0 fully saturated rings. The Balaban J connectivity index is 0.000000195. The second kappa shape index (κ2) is 19.4. The van der Waals surface area contributed by atoms with E-state index >= 15 is 0 Å². The highest BCUT2D eigenvalue weighted by molar-refractivity contribution is 9.10. The van der Waals surface area contributed by atoms with Gasteiger partial charge < -0.3 is 36.0 Å². The van der Waals surface area contributed by atoms with Gasteiger partial charge in [0.1, 0.15) is 40.7 Å². The first-order chi connectivity index (χ1) is 25.1. The van der Waals surface area contributed by atoms with E-state index in [1.54, 1.807) is 24.3 Å². The van der Waals surface area contributed by atoms with Crippen molar-refractivity contribution in [2.24, 2.45) is 0 Å². The lowest BCUT2D eigenvalue weighted by Gasteiger charge is -2.04. The molecule has 0 saturated carbocycles. The highest BCUT2D eigenvalue weighted by Gasteiger charge is 2.21. The Kier molecular flexibility index (Phi) is 15.1. The molecule has 0 saturated heterocycles. The smallest absolute Gasteiger partial charge is 0.423 e.